The van der Waals surface area contributed by atoms with E-state index in [1.54, 1.807) is 0 Å². The molecule has 0 fully saturated rings. The van der Waals surface area contributed by atoms with Crippen molar-refractivity contribution >= 4 is 49.1 Å². The minimum atomic E-state index is 0.778. The van der Waals surface area contributed by atoms with E-state index in [9.17, 15) is 0 Å². The minimum absolute atomic E-state index is 0.778. The number of rotatable bonds is 2. The lowest BCUT2D eigenvalue weighted by Crippen LogP contribution is -2.09. The Balaban J connectivity index is 3.22. The van der Waals surface area contributed by atoms with Crippen LogP contribution in [-0.2, 0) is 5.33 Å². The van der Waals surface area contributed by atoms with Crippen LogP contribution >= 0.6 is 43.5 Å². The lowest BCUT2D eigenvalue weighted by molar-refractivity contribution is 1.12. The highest BCUT2D eigenvalue weighted by atomic mass is 79.9. The van der Waals surface area contributed by atoms with Crippen LogP contribution in [0.25, 0.3) is 0 Å². The van der Waals surface area contributed by atoms with Gasteiger partial charge in [0.1, 0.15) is 0 Å². The van der Waals surface area contributed by atoms with Gasteiger partial charge >= 0.3 is 0 Å². The van der Waals surface area contributed by atoms with Crippen molar-refractivity contribution < 1.29 is 0 Å². The topological polar surface area (TPSA) is 3.24 Å². The second-order valence-corrected chi connectivity index (χ2v) is 4.75. The van der Waals surface area contributed by atoms with E-state index >= 15 is 0 Å². The molecule has 0 aliphatic rings. The van der Waals surface area contributed by atoms with Gasteiger partial charge in [0.05, 0.1) is 5.69 Å². The largest absolute Gasteiger partial charge is 0.377 e. The third-order valence-corrected chi connectivity index (χ3v) is 3.33. The van der Waals surface area contributed by atoms with Gasteiger partial charge in [-0.2, -0.15) is 0 Å². The zero-order valence-corrected chi connectivity index (χ0v) is 11.4. The first-order chi connectivity index (χ1) is 6.06. The molecule has 1 rings (SSSR count). The molecule has 0 N–H and O–H groups in total. The molecule has 72 valence electrons. The van der Waals surface area contributed by atoms with Crippen LogP contribution in [0.4, 0.5) is 5.69 Å². The van der Waals surface area contributed by atoms with Gasteiger partial charge in [0.25, 0.3) is 0 Å². The first-order valence-corrected chi connectivity index (χ1v) is 6.06. The molecule has 0 atom stereocenters. The molecular weight excluding hydrogens is 317 g/mol. The van der Waals surface area contributed by atoms with E-state index in [0.717, 1.165) is 26.1 Å². The van der Waals surface area contributed by atoms with E-state index in [1.807, 2.05) is 25.1 Å². The average molecular weight is 327 g/mol. The average Bonchev–Trinajstić information content (AvgIpc) is 2.03. The molecule has 1 nitrogen and oxygen atoms in total. The van der Waals surface area contributed by atoms with Gasteiger partial charge in [0.2, 0.25) is 0 Å². The first kappa shape index (κ1) is 11.3. The molecule has 0 aliphatic heterocycles. The van der Waals surface area contributed by atoms with Crippen LogP contribution in [0.1, 0.15) is 5.56 Å². The summed E-state index contributed by atoms with van der Waals surface area (Å²) >= 11 is 12.9. The summed E-state index contributed by atoms with van der Waals surface area (Å²) < 4.78 is 1.02. The number of hydrogen-bond donors (Lipinski definition) is 0. The molecule has 0 amide bonds. The van der Waals surface area contributed by atoms with Gasteiger partial charge < -0.3 is 4.90 Å². The maximum atomic E-state index is 6.03. The Morgan fingerprint density at radius 1 is 1.38 bits per heavy atom. The Morgan fingerprint density at radius 2 is 2.00 bits per heavy atom. The zero-order chi connectivity index (χ0) is 10.0. The van der Waals surface area contributed by atoms with Crippen LogP contribution in [0, 0.1) is 0 Å². The van der Waals surface area contributed by atoms with Gasteiger partial charge in [0, 0.05) is 28.9 Å². The van der Waals surface area contributed by atoms with E-state index in [0.29, 0.717) is 0 Å². The van der Waals surface area contributed by atoms with Crippen molar-refractivity contribution in [2.24, 2.45) is 0 Å². The molecule has 0 aliphatic carbocycles. The van der Waals surface area contributed by atoms with Gasteiger partial charge in [-0.1, -0.05) is 27.5 Å². The number of alkyl halides is 1. The monoisotopic (exact) mass is 325 g/mol. The third-order valence-electron chi connectivity index (χ3n) is 1.74. The van der Waals surface area contributed by atoms with Gasteiger partial charge in [0.15, 0.2) is 0 Å². The molecule has 0 saturated heterocycles. The number of nitrogens with zero attached hydrogens (tertiary/aromatic N) is 1. The molecule has 0 aromatic heterocycles. The lowest BCUT2D eigenvalue weighted by atomic mass is 10.2. The Morgan fingerprint density at radius 3 is 2.46 bits per heavy atom. The fourth-order valence-electron chi connectivity index (χ4n) is 1.03. The molecule has 0 unspecified atom stereocenters. The quantitative estimate of drug-likeness (QED) is 0.740. The van der Waals surface area contributed by atoms with Crippen molar-refractivity contribution in [1.82, 2.24) is 0 Å². The maximum absolute atomic E-state index is 6.03. The van der Waals surface area contributed by atoms with Crippen LogP contribution in [0.3, 0.4) is 0 Å². The molecule has 0 heterocycles. The summed E-state index contributed by atoms with van der Waals surface area (Å²) in [5, 5.41) is 1.56. The standard InChI is InChI=1S/C9H10Br2ClN/c1-13(2)9-3-6(5-10)8(12)4-7(9)11/h3-4H,5H2,1-2H3. The summed E-state index contributed by atoms with van der Waals surface area (Å²) in [5.41, 5.74) is 2.24. The predicted molar refractivity (Wildman–Crippen MR) is 66.1 cm³/mol. The van der Waals surface area contributed by atoms with E-state index in [2.05, 4.69) is 37.9 Å². The summed E-state index contributed by atoms with van der Waals surface area (Å²) in [6.45, 7) is 0. The summed E-state index contributed by atoms with van der Waals surface area (Å²) in [6.07, 6.45) is 0. The van der Waals surface area contributed by atoms with Crippen molar-refractivity contribution in [3.8, 4) is 0 Å². The van der Waals surface area contributed by atoms with Crippen molar-refractivity contribution in [3.05, 3.63) is 27.2 Å². The fourth-order valence-corrected chi connectivity index (χ4v) is 2.71. The highest BCUT2D eigenvalue weighted by Crippen LogP contribution is 2.32. The second kappa shape index (κ2) is 4.67. The Bertz CT molecular complexity index is 313. The Kier molecular flexibility index (Phi) is 4.07. The summed E-state index contributed by atoms with van der Waals surface area (Å²) in [5.74, 6) is 0. The SMILES string of the molecule is CN(C)c1cc(CBr)c(Cl)cc1Br. The third kappa shape index (κ3) is 2.61. The normalized spacial score (nSPS) is 10.2. The maximum Gasteiger partial charge on any atom is 0.0509 e. The molecule has 1 aromatic carbocycles. The highest BCUT2D eigenvalue weighted by Gasteiger charge is 2.07. The molecule has 0 radical (unpaired) electrons. The van der Waals surface area contributed by atoms with Crippen molar-refractivity contribution in [1.29, 1.82) is 0 Å². The van der Waals surface area contributed by atoms with Crippen molar-refractivity contribution in [3.63, 3.8) is 0 Å². The summed E-state index contributed by atoms with van der Waals surface area (Å²) in [4.78, 5) is 2.05. The van der Waals surface area contributed by atoms with Crippen molar-refractivity contribution in [2.45, 2.75) is 5.33 Å². The van der Waals surface area contributed by atoms with E-state index in [1.165, 1.54) is 0 Å². The molecule has 0 bridgehead atoms. The zero-order valence-electron chi connectivity index (χ0n) is 7.44. The van der Waals surface area contributed by atoms with E-state index in [4.69, 9.17) is 11.6 Å². The predicted octanol–water partition coefficient (Wildman–Crippen LogP) is 4.06. The number of anilines is 1. The highest BCUT2D eigenvalue weighted by molar-refractivity contribution is 9.10. The van der Waals surface area contributed by atoms with Crippen LogP contribution in [-0.4, -0.2) is 14.1 Å². The minimum Gasteiger partial charge on any atom is -0.377 e. The molecular formula is C9H10Br2ClN. The van der Waals surface area contributed by atoms with Crippen LogP contribution in [0.15, 0.2) is 16.6 Å². The molecule has 0 spiro atoms. The smallest absolute Gasteiger partial charge is 0.0509 e. The molecule has 0 saturated carbocycles. The number of hydrogen-bond acceptors (Lipinski definition) is 1. The Labute approximate surface area is 100 Å². The van der Waals surface area contributed by atoms with Gasteiger partial charge in [-0.3, -0.25) is 0 Å². The van der Waals surface area contributed by atoms with Crippen LogP contribution < -0.4 is 4.90 Å². The first-order valence-electron chi connectivity index (χ1n) is 3.77. The van der Waals surface area contributed by atoms with E-state index < -0.39 is 0 Å². The summed E-state index contributed by atoms with van der Waals surface area (Å²) in [7, 11) is 4.01. The van der Waals surface area contributed by atoms with Crippen LogP contribution in [0.2, 0.25) is 5.02 Å². The van der Waals surface area contributed by atoms with Gasteiger partial charge in [-0.05, 0) is 33.6 Å². The number of benzene rings is 1. The number of halogens is 3. The van der Waals surface area contributed by atoms with Gasteiger partial charge in [-0.25, -0.2) is 0 Å². The van der Waals surface area contributed by atoms with Gasteiger partial charge in [-0.15, -0.1) is 0 Å². The molecule has 13 heavy (non-hydrogen) atoms. The second-order valence-electron chi connectivity index (χ2n) is 2.92. The fraction of sp³-hybridized carbons (Fsp3) is 0.333. The lowest BCUT2D eigenvalue weighted by Gasteiger charge is -2.16. The Hall–Kier alpha value is 0.270. The van der Waals surface area contributed by atoms with Crippen LogP contribution in [0.5, 0.6) is 0 Å². The molecule has 1 aromatic rings. The van der Waals surface area contributed by atoms with Crippen molar-refractivity contribution in [2.75, 3.05) is 19.0 Å². The van der Waals surface area contributed by atoms with E-state index in [-0.39, 0.29) is 0 Å². The summed E-state index contributed by atoms with van der Waals surface area (Å²) in [6, 6.07) is 3.99. The molecule has 4 heteroatoms.